The smallest absolute Gasteiger partial charge is 0.265 e. The Morgan fingerprint density at radius 2 is 2.10 bits per heavy atom. The van der Waals surface area contributed by atoms with Crippen LogP contribution >= 0.6 is 0 Å². The molecular weight excluding hydrogens is 370 g/mol. The van der Waals surface area contributed by atoms with Gasteiger partial charge in [0.25, 0.3) is 11.8 Å². The van der Waals surface area contributed by atoms with E-state index in [4.69, 9.17) is 9.72 Å². The number of nitrogens with zero attached hydrogens (tertiary/aromatic N) is 3. The van der Waals surface area contributed by atoms with Crippen molar-refractivity contribution >= 4 is 34.2 Å². The van der Waals surface area contributed by atoms with Gasteiger partial charge in [-0.1, -0.05) is 0 Å². The van der Waals surface area contributed by atoms with Gasteiger partial charge in [0.15, 0.2) is 11.8 Å². The highest BCUT2D eigenvalue weighted by atomic mass is 16.5. The van der Waals surface area contributed by atoms with E-state index in [2.05, 4.69) is 15.7 Å². The molecule has 0 saturated heterocycles. The first kappa shape index (κ1) is 17.7. The summed E-state index contributed by atoms with van der Waals surface area (Å²) in [6.45, 7) is 3.57. The van der Waals surface area contributed by atoms with Gasteiger partial charge in [0.1, 0.15) is 5.75 Å². The molecule has 8 nitrogen and oxygen atoms in total. The molecule has 0 bridgehead atoms. The molecule has 2 N–H and O–H groups in total. The molecule has 3 heterocycles. The fourth-order valence-electron chi connectivity index (χ4n) is 3.72. The van der Waals surface area contributed by atoms with Gasteiger partial charge in [0.05, 0.1) is 22.3 Å². The van der Waals surface area contributed by atoms with Crippen molar-refractivity contribution in [2.45, 2.75) is 38.7 Å². The molecule has 1 aliphatic carbocycles. The summed E-state index contributed by atoms with van der Waals surface area (Å²) < 4.78 is 7.29. The number of rotatable bonds is 3. The molecule has 1 atom stereocenters. The topological polar surface area (TPSA) is 98.1 Å². The Labute approximate surface area is 167 Å². The van der Waals surface area contributed by atoms with Crippen LogP contribution in [0.15, 0.2) is 24.3 Å². The fourth-order valence-corrected chi connectivity index (χ4v) is 3.72. The van der Waals surface area contributed by atoms with E-state index in [1.54, 1.807) is 29.8 Å². The summed E-state index contributed by atoms with van der Waals surface area (Å²) in [5.41, 5.74) is 4.10. The first-order chi connectivity index (χ1) is 13.9. The SMILES string of the molecule is Cc1nn(C)c2nc(C3CC3)cc(C(=O)Nc3ccc4c(c3)NC(=O)C(C)O4)c12. The highest BCUT2D eigenvalue weighted by Gasteiger charge is 2.29. The van der Waals surface area contributed by atoms with Crippen molar-refractivity contribution in [3.63, 3.8) is 0 Å². The third-order valence-electron chi connectivity index (χ3n) is 5.40. The van der Waals surface area contributed by atoms with Gasteiger partial charge in [-0.05, 0) is 51.0 Å². The summed E-state index contributed by atoms with van der Waals surface area (Å²) in [5, 5.41) is 10.9. The lowest BCUT2D eigenvalue weighted by molar-refractivity contribution is -0.122. The molecule has 1 unspecified atom stereocenters. The Hall–Kier alpha value is -3.42. The summed E-state index contributed by atoms with van der Waals surface area (Å²) in [5.74, 6) is 0.559. The van der Waals surface area contributed by atoms with Crippen molar-refractivity contribution < 1.29 is 14.3 Å². The summed E-state index contributed by atoms with van der Waals surface area (Å²) in [4.78, 5) is 29.8. The minimum Gasteiger partial charge on any atom is -0.479 e. The molecule has 0 radical (unpaired) electrons. The third-order valence-corrected chi connectivity index (χ3v) is 5.40. The molecule has 2 aliphatic rings. The normalized spacial score (nSPS) is 18.2. The number of hydrogen-bond donors (Lipinski definition) is 2. The summed E-state index contributed by atoms with van der Waals surface area (Å²) in [6.07, 6.45) is 1.65. The number of pyridine rings is 1. The average molecular weight is 391 g/mol. The maximum absolute atomic E-state index is 13.2. The van der Waals surface area contributed by atoms with Crippen molar-refractivity contribution in [1.82, 2.24) is 14.8 Å². The second kappa shape index (κ2) is 6.30. The quantitative estimate of drug-likeness (QED) is 0.715. The molecule has 1 fully saturated rings. The Kier molecular flexibility index (Phi) is 3.84. The minimum absolute atomic E-state index is 0.211. The number of ether oxygens (including phenoxy) is 1. The van der Waals surface area contributed by atoms with Crippen molar-refractivity contribution in [2.24, 2.45) is 7.05 Å². The van der Waals surface area contributed by atoms with Crippen LogP contribution in [0.3, 0.4) is 0 Å². The maximum Gasteiger partial charge on any atom is 0.265 e. The van der Waals surface area contributed by atoms with Crippen molar-refractivity contribution in [3.05, 3.63) is 41.2 Å². The van der Waals surface area contributed by atoms with E-state index < -0.39 is 6.10 Å². The van der Waals surface area contributed by atoms with Gasteiger partial charge in [-0.2, -0.15) is 5.10 Å². The minimum atomic E-state index is -0.539. The van der Waals surface area contributed by atoms with Crippen molar-refractivity contribution in [2.75, 3.05) is 10.6 Å². The van der Waals surface area contributed by atoms with Gasteiger partial charge in [-0.25, -0.2) is 4.98 Å². The van der Waals surface area contributed by atoms with Crippen LogP contribution in [0.5, 0.6) is 5.75 Å². The predicted octanol–water partition coefficient (Wildman–Crippen LogP) is 3.13. The molecule has 2 amide bonds. The van der Waals surface area contributed by atoms with Crippen LogP contribution in [0.1, 0.15) is 47.4 Å². The number of amides is 2. The second-order valence-corrected chi connectivity index (χ2v) is 7.69. The summed E-state index contributed by atoms with van der Waals surface area (Å²) in [6, 6.07) is 7.09. The Balaban J connectivity index is 1.51. The van der Waals surface area contributed by atoms with E-state index in [1.165, 1.54) is 0 Å². The molecule has 5 rings (SSSR count). The number of aromatic nitrogens is 3. The number of fused-ring (bicyclic) bond motifs is 2. The van der Waals surface area contributed by atoms with E-state index in [-0.39, 0.29) is 11.8 Å². The van der Waals surface area contributed by atoms with Gasteiger partial charge in [0.2, 0.25) is 0 Å². The molecule has 2 aromatic heterocycles. The number of carbonyl (C=O) groups excluding carboxylic acids is 2. The van der Waals surface area contributed by atoms with Crippen LogP contribution < -0.4 is 15.4 Å². The number of anilines is 2. The molecular formula is C21H21N5O3. The number of benzene rings is 1. The average Bonchev–Trinajstić information content (AvgIpc) is 3.49. The van der Waals surface area contributed by atoms with Crippen LogP contribution in [0, 0.1) is 6.92 Å². The molecule has 3 aromatic rings. The Morgan fingerprint density at radius 1 is 1.31 bits per heavy atom. The lowest BCUT2D eigenvalue weighted by Gasteiger charge is -2.23. The van der Waals surface area contributed by atoms with Gasteiger partial charge in [-0.15, -0.1) is 0 Å². The molecule has 1 saturated carbocycles. The van der Waals surface area contributed by atoms with Crippen LogP contribution in [0.4, 0.5) is 11.4 Å². The van der Waals surface area contributed by atoms with Gasteiger partial charge in [0, 0.05) is 24.3 Å². The first-order valence-electron chi connectivity index (χ1n) is 9.68. The van der Waals surface area contributed by atoms with Gasteiger partial charge < -0.3 is 15.4 Å². The molecule has 1 aromatic carbocycles. The maximum atomic E-state index is 13.2. The molecule has 29 heavy (non-hydrogen) atoms. The largest absolute Gasteiger partial charge is 0.479 e. The molecule has 0 spiro atoms. The van der Waals surface area contributed by atoms with E-state index in [1.807, 2.05) is 20.0 Å². The van der Waals surface area contributed by atoms with Crippen LogP contribution in [0.2, 0.25) is 0 Å². The summed E-state index contributed by atoms with van der Waals surface area (Å²) >= 11 is 0. The number of nitrogens with one attached hydrogen (secondary N) is 2. The predicted molar refractivity (Wildman–Crippen MR) is 108 cm³/mol. The van der Waals surface area contributed by atoms with E-state index in [0.717, 1.165) is 35.3 Å². The van der Waals surface area contributed by atoms with Crippen molar-refractivity contribution in [3.8, 4) is 5.75 Å². The van der Waals surface area contributed by atoms with E-state index in [9.17, 15) is 9.59 Å². The Morgan fingerprint density at radius 3 is 2.86 bits per heavy atom. The number of aryl methyl sites for hydroxylation is 2. The van der Waals surface area contributed by atoms with Crippen molar-refractivity contribution in [1.29, 1.82) is 0 Å². The molecule has 1 aliphatic heterocycles. The molecule has 8 heteroatoms. The standard InChI is InChI=1S/C21H21N5O3/c1-10-18-14(9-15(12-4-5-12)23-19(18)26(3)25-10)21(28)22-13-6-7-17-16(8-13)24-20(27)11(2)29-17/h6-9,11-12H,4-5H2,1-3H3,(H,22,28)(H,24,27). The van der Waals surface area contributed by atoms with Gasteiger partial charge >= 0.3 is 0 Å². The van der Waals surface area contributed by atoms with Crippen LogP contribution in [-0.2, 0) is 11.8 Å². The lowest BCUT2D eigenvalue weighted by Crippen LogP contribution is -2.34. The second-order valence-electron chi connectivity index (χ2n) is 7.69. The highest BCUT2D eigenvalue weighted by Crippen LogP contribution is 2.40. The number of carbonyl (C=O) groups is 2. The Bertz CT molecular complexity index is 1180. The van der Waals surface area contributed by atoms with Crippen LogP contribution in [-0.4, -0.2) is 32.7 Å². The monoisotopic (exact) mass is 391 g/mol. The first-order valence-corrected chi connectivity index (χ1v) is 9.68. The number of hydrogen-bond acceptors (Lipinski definition) is 5. The van der Waals surface area contributed by atoms with E-state index in [0.29, 0.717) is 28.6 Å². The van der Waals surface area contributed by atoms with Crippen LogP contribution in [0.25, 0.3) is 11.0 Å². The highest BCUT2D eigenvalue weighted by molar-refractivity contribution is 6.13. The lowest BCUT2D eigenvalue weighted by atomic mass is 10.1. The zero-order chi connectivity index (χ0) is 20.3. The fraction of sp³-hybridized carbons (Fsp3) is 0.333. The third kappa shape index (κ3) is 3.00. The summed E-state index contributed by atoms with van der Waals surface area (Å²) in [7, 11) is 1.84. The zero-order valence-corrected chi connectivity index (χ0v) is 16.4. The zero-order valence-electron chi connectivity index (χ0n) is 16.4. The molecule has 148 valence electrons. The van der Waals surface area contributed by atoms with Gasteiger partial charge in [-0.3, -0.25) is 14.3 Å². The van der Waals surface area contributed by atoms with E-state index >= 15 is 0 Å².